The molecule has 0 atom stereocenters. The van der Waals surface area contributed by atoms with Gasteiger partial charge in [0.2, 0.25) is 0 Å². The van der Waals surface area contributed by atoms with Gasteiger partial charge in [-0.25, -0.2) is 0 Å². The smallest absolute Gasteiger partial charge is 0.168 e. The number of rotatable bonds is 6. The summed E-state index contributed by atoms with van der Waals surface area (Å²) in [6.07, 6.45) is 4.09. The summed E-state index contributed by atoms with van der Waals surface area (Å²) >= 11 is 1.71. The summed E-state index contributed by atoms with van der Waals surface area (Å²) in [5.74, 6) is 2.11. The van der Waals surface area contributed by atoms with Crippen LogP contribution in [0.5, 0.6) is 0 Å². The molecule has 3 heterocycles. The van der Waals surface area contributed by atoms with Gasteiger partial charge in [0.25, 0.3) is 0 Å². The minimum atomic E-state index is 0.318. The fourth-order valence-electron chi connectivity index (χ4n) is 3.04. The van der Waals surface area contributed by atoms with Crippen LogP contribution in [0.3, 0.4) is 0 Å². The Morgan fingerprint density at radius 2 is 1.96 bits per heavy atom. The summed E-state index contributed by atoms with van der Waals surface area (Å²) in [4.78, 5) is 2.26. The van der Waals surface area contributed by atoms with E-state index in [1.54, 1.807) is 11.8 Å². The van der Waals surface area contributed by atoms with E-state index >= 15 is 0 Å². The fraction of sp³-hybridized carbons (Fsp3) is 0.286. The normalized spacial score (nSPS) is 11.6. The quantitative estimate of drug-likeness (QED) is 0.436. The van der Waals surface area contributed by atoms with E-state index in [1.807, 2.05) is 24.3 Å². The molecule has 27 heavy (non-hydrogen) atoms. The van der Waals surface area contributed by atoms with Gasteiger partial charge in [0.05, 0.1) is 5.69 Å². The van der Waals surface area contributed by atoms with Crippen LogP contribution >= 0.6 is 11.8 Å². The zero-order chi connectivity index (χ0) is 18.8. The van der Waals surface area contributed by atoms with Gasteiger partial charge in [-0.2, -0.15) is 0 Å². The molecule has 3 aromatic heterocycles. The summed E-state index contributed by atoms with van der Waals surface area (Å²) in [6, 6.07) is 14.4. The highest BCUT2D eigenvalue weighted by atomic mass is 32.2. The first-order valence-corrected chi connectivity index (χ1v) is 10.0. The molecule has 5 nitrogen and oxygen atoms in total. The topological polar surface area (TPSA) is 56.2 Å². The number of hydrogen-bond donors (Lipinski definition) is 0. The van der Waals surface area contributed by atoms with Crippen molar-refractivity contribution in [1.29, 1.82) is 0 Å². The molecule has 0 saturated heterocycles. The van der Waals surface area contributed by atoms with Gasteiger partial charge in [0, 0.05) is 33.5 Å². The van der Waals surface area contributed by atoms with Crippen LogP contribution < -0.4 is 0 Å². The average Bonchev–Trinajstić information content (AvgIpc) is 3.29. The van der Waals surface area contributed by atoms with Crippen molar-refractivity contribution in [2.75, 3.05) is 0 Å². The molecule has 0 spiro atoms. The molecule has 4 rings (SSSR count). The Bertz CT molecular complexity index is 1070. The minimum absolute atomic E-state index is 0.318. The second-order valence-corrected chi connectivity index (χ2v) is 7.95. The van der Waals surface area contributed by atoms with E-state index in [-0.39, 0.29) is 0 Å². The third kappa shape index (κ3) is 3.62. The molecular weight excluding hydrogens is 356 g/mol. The maximum atomic E-state index is 5.60. The van der Waals surface area contributed by atoms with Crippen LogP contribution in [0.25, 0.3) is 17.0 Å². The highest BCUT2D eigenvalue weighted by molar-refractivity contribution is 7.99. The second-order valence-electron chi connectivity index (χ2n) is 6.84. The lowest BCUT2D eigenvalue weighted by atomic mass is 10.1. The maximum Gasteiger partial charge on any atom is 0.168 e. The lowest BCUT2D eigenvalue weighted by molar-refractivity contribution is 0.422. The molecule has 138 valence electrons. The van der Waals surface area contributed by atoms with Crippen molar-refractivity contribution in [3.63, 3.8) is 0 Å². The second kappa shape index (κ2) is 7.56. The van der Waals surface area contributed by atoms with Crippen molar-refractivity contribution < 1.29 is 4.52 Å². The number of nitrogens with zero attached hydrogens (tertiary/aromatic N) is 4. The summed E-state index contributed by atoms with van der Waals surface area (Å²) in [5, 5.41) is 12.8. The fourth-order valence-corrected chi connectivity index (χ4v) is 4.02. The number of fused-ring (bicyclic) bond motifs is 1. The van der Waals surface area contributed by atoms with Crippen LogP contribution in [-0.4, -0.2) is 19.8 Å². The van der Waals surface area contributed by atoms with Crippen molar-refractivity contribution in [2.24, 2.45) is 0 Å². The van der Waals surface area contributed by atoms with Gasteiger partial charge in [-0.3, -0.25) is 4.40 Å². The predicted molar refractivity (Wildman–Crippen MR) is 107 cm³/mol. The zero-order valence-corrected chi connectivity index (χ0v) is 16.5. The number of benzene rings is 1. The highest BCUT2D eigenvalue weighted by Gasteiger charge is 2.14. The third-order valence-corrected chi connectivity index (χ3v) is 5.42. The molecule has 0 fully saturated rings. The molecule has 0 aliphatic heterocycles. The van der Waals surface area contributed by atoms with Gasteiger partial charge in [0.15, 0.2) is 11.4 Å². The average molecular weight is 379 g/mol. The van der Waals surface area contributed by atoms with Crippen LogP contribution in [0.1, 0.15) is 44.6 Å². The monoisotopic (exact) mass is 378 g/mol. The van der Waals surface area contributed by atoms with Gasteiger partial charge in [-0.05, 0) is 30.7 Å². The van der Waals surface area contributed by atoms with E-state index in [0.717, 1.165) is 51.1 Å². The molecule has 0 aliphatic carbocycles. The van der Waals surface area contributed by atoms with Crippen molar-refractivity contribution in [3.05, 3.63) is 60.2 Å². The molecule has 0 bridgehead atoms. The van der Waals surface area contributed by atoms with Crippen molar-refractivity contribution >= 4 is 17.4 Å². The van der Waals surface area contributed by atoms with E-state index in [0.29, 0.717) is 5.92 Å². The van der Waals surface area contributed by atoms with Gasteiger partial charge in [-0.15, -0.1) is 10.2 Å². The molecule has 0 saturated carbocycles. The summed E-state index contributed by atoms with van der Waals surface area (Å²) in [7, 11) is 0. The Morgan fingerprint density at radius 1 is 1.11 bits per heavy atom. The van der Waals surface area contributed by atoms with Crippen LogP contribution in [0.2, 0.25) is 0 Å². The van der Waals surface area contributed by atoms with Gasteiger partial charge in [-0.1, -0.05) is 56.2 Å². The van der Waals surface area contributed by atoms with Crippen LogP contribution in [0, 0.1) is 0 Å². The summed E-state index contributed by atoms with van der Waals surface area (Å²) in [6.45, 7) is 6.40. The summed E-state index contributed by atoms with van der Waals surface area (Å²) in [5.41, 5.74) is 2.93. The van der Waals surface area contributed by atoms with Crippen molar-refractivity contribution in [3.8, 4) is 11.3 Å². The lowest BCUT2D eigenvalue weighted by Gasteiger charge is -2.08. The number of hydrogen-bond acceptors (Lipinski definition) is 5. The molecular formula is C21H22N4OS. The largest absolute Gasteiger partial charge is 0.356 e. The van der Waals surface area contributed by atoms with Gasteiger partial charge >= 0.3 is 0 Å². The molecule has 0 unspecified atom stereocenters. The first-order chi connectivity index (χ1) is 13.2. The number of aromatic nitrogens is 4. The maximum absolute atomic E-state index is 5.60. The molecule has 0 N–H and O–H groups in total. The number of pyridine rings is 1. The van der Waals surface area contributed by atoms with Gasteiger partial charge < -0.3 is 4.52 Å². The Kier molecular flexibility index (Phi) is 4.99. The van der Waals surface area contributed by atoms with Crippen molar-refractivity contribution in [2.45, 2.75) is 49.3 Å². The predicted octanol–water partition coefficient (Wildman–Crippen LogP) is 5.61. The summed E-state index contributed by atoms with van der Waals surface area (Å²) < 4.78 is 7.67. The minimum Gasteiger partial charge on any atom is -0.356 e. The first kappa shape index (κ1) is 17.8. The Labute approximate surface area is 162 Å². The standard InChI is InChI=1S/C21H22N4OS/c1-4-7-15-12-18(26-24-15)17-8-5-6-9-19(17)27-16-10-11-20-22-23-21(14(2)3)25(20)13-16/h5-6,8-14H,4,7H2,1-3H3. The van der Waals surface area contributed by atoms with E-state index in [4.69, 9.17) is 4.52 Å². The molecule has 0 radical (unpaired) electrons. The van der Waals surface area contributed by atoms with Crippen LogP contribution in [0.15, 0.2) is 63.0 Å². The third-order valence-electron chi connectivity index (χ3n) is 4.36. The Morgan fingerprint density at radius 3 is 2.78 bits per heavy atom. The Hall–Kier alpha value is -2.60. The molecule has 0 aliphatic rings. The van der Waals surface area contributed by atoms with E-state index in [1.165, 1.54) is 0 Å². The van der Waals surface area contributed by atoms with Gasteiger partial charge in [0.1, 0.15) is 5.82 Å². The van der Waals surface area contributed by atoms with E-state index < -0.39 is 0 Å². The van der Waals surface area contributed by atoms with Crippen LogP contribution in [0.4, 0.5) is 0 Å². The lowest BCUT2D eigenvalue weighted by Crippen LogP contribution is -1.96. The molecule has 1 aromatic carbocycles. The highest BCUT2D eigenvalue weighted by Crippen LogP contribution is 2.36. The van der Waals surface area contributed by atoms with E-state index in [2.05, 4.69) is 64.9 Å². The number of aryl methyl sites for hydroxylation is 1. The Balaban J connectivity index is 1.68. The van der Waals surface area contributed by atoms with Crippen molar-refractivity contribution in [1.82, 2.24) is 19.8 Å². The zero-order valence-electron chi connectivity index (χ0n) is 15.7. The first-order valence-electron chi connectivity index (χ1n) is 9.23. The molecule has 4 aromatic rings. The van der Waals surface area contributed by atoms with Crippen LogP contribution in [-0.2, 0) is 6.42 Å². The SMILES string of the molecule is CCCc1cc(-c2ccccc2Sc2ccc3nnc(C(C)C)n3c2)on1. The van der Waals surface area contributed by atoms with E-state index in [9.17, 15) is 0 Å². The molecule has 0 amide bonds. The molecule has 6 heteroatoms.